The van der Waals surface area contributed by atoms with E-state index in [4.69, 9.17) is 9.47 Å². The minimum absolute atomic E-state index is 0.00726. The molecule has 1 saturated heterocycles. The van der Waals surface area contributed by atoms with E-state index in [2.05, 4.69) is 0 Å². The van der Waals surface area contributed by atoms with Crippen LogP contribution < -0.4 is 0 Å². The van der Waals surface area contributed by atoms with Crippen LogP contribution in [0.25, 0.3) is 0 Å². The zero-order chi connectivity index (χ0) is 15.3. The van der Waals surface area contributed by atoms with Crippen molar-refractivity contribution in [2.75, 3.05) is 13.3 Å². The summed E-state index contributed by atoms with van der Waals surface area (Å²) in [6.07, 6.45) is 0.599. The van der Waals surface area contributed by atoms with Gasteiger partial charge in [0.15, 0.2) is 10.9 Å². The highest BCUT2D eigenvalue weighted by Gasteiger charge is 2.35. The Bertz CT molecular complexity index is 464. The molecule has 0 bridgehead atoms. The van der Waals surface area contributed by atoms with Gasteiger partial charge >= 0.3 is 0 Å². The summed E-state index contributed by atoms with van der Waals surface area (Å²) in [5, 5.41) is -0.00726. The number of halogens is 1. The number of carbonyl (C=O) groups is 1. The normalized spacial score (nSPS) is 22.1. The van der Waals surface area contributed by atoms with E-state index in [1.54, 1.807) is 0 Å². The zero-order valence-corrected chi connectivity index (χ0v) is 13.2. The zero-order valence-electron chi connectivity index (χ0n) is 12.4. The van der Waals surface area contributed by atoms with Crippen LogP contribution in [0, 0.1) is 5.92 Å². The molecule has 1 fully saturated rings. The van der Waals surface area contributed by atoms with Crippen LogP contribution in [0.5, 0.6) is 0 Å². The van der Waals surface area contributed by atoms with Crippen molar-refractivity contribution in [3.63, 3.8) is 0 Å². The molecule has 3 nitrogen and oxygen atoms in total. The van der Waals surface area contributed by atoms with Gasteiger partial charge in [-0.2, -0.15) is 0 Å². The number of ether oxygens (including phenoxy) is 2. The third-order valence-corrected chi connectivity index (χ3v) is 4.41. The van der Waals surface area contributed by atoms with Gasteiger partial charge in [0.25, 0.3) is 0 Å². The Morgan fingerprint density at radius 1 is 1.43 bits per heavy atom. The number of benzene rings is 1. The van der Waals surface area contributed by atoms with E-state index in [1.807, 2.05) is 44.2 Å². The Labute approximate surface area is 129 Å². The van der Waals surface area contributed by atoms with Gasteiger partial charge in [-0.15, -0.1) is 0 Å². The van der Waals surface area contributed by atoms with Crippen molar-refractivity contribution in [3.8, 4) is 0 Å². The maximum Gasteiger partial charge on any atom is 0.196 e. The second-order valence-electron chi connectivity index (χ2n) is 5.60. The first-order valence-corrected chi connectivity index (χ1v) is 7.96. The quantitative estimate of drug-likeness (QED) is 0.748. The lowest BCUT2D eigenvalue weighted by Gasteiger charge is -2.20. The number of carbonyl (C=O) groups excluding carboxylic acids is 1. The standard InChI is InChI=1S/C16H21FO3S/c1-16(2)19-11-13(20-16)10-12(8-9-17)15(18)21-14-6-4-3-5-7-14/h3-7,12-13H,8-11H2,1-2H3/t12?,13-/m0/s1. The van der Waals surface area contributed by atoms with Crippen molar-refractivity contribution in [3.05, 3.63) is 30.3 Å². The van der Waals surface area contributed by atoms with Crippen molar-refractivity contribution in [2.24, 2.45) is 5.92 Å². The Morgan fingerprint density at radius 2 is 2.14 bits per heavy atom. The molecule has 0 spiro atoms. The summed E-state index contributed by atoms with van der Waals surface area (Å²) in [7, 11) is 0. The Kier molecular flexibility index (Phi) is 5.79. The smallest absolute Gasteiger partial charge is 0.196 e. The molecule has 21 heavy (non-hydrogen) atoms. The van der Waals surface area contributed by atoms with E-state index < -0.39 is 12.5 Å². The summed E-state index contributed by atoms with van der Waals surface area (Å²) in [6.45, 7) is 3.65. The fourth-order valence-electron chi connectivity index (χ4n) is 2.35. The average molecular weight is 312 g/mol. The molecule has 116 valence electrons. The van der Waals surface area contributed by atoms with Crippen LogP contribution in [-0.4, -0.2) is 30.3 Å². The number of hydrogen-bond acceptors (Lipinski definition) is 4. The van der Waals surface area contributed by atoms with E-state index in [1.165, 1.54) is 11.8 Å². The van der Waals surface area contributed by atoms with Crippen LogP contribution in [-0.2, 0) is 14.3 Å². The van der Waals surface area contributed by atoms with Crippen molar-refractivity contribution >= 4 is 16.9 Å². The second-order valence-corrected chi connectivity index (χ2v) is 6.67. The molecule has 1 aliphatic rings. The highest BCUT2D eigenvalue weighted by atomic mass is 32.2. The van der Waals surface area contributed by atoms with Gasteiger partial charge < -0.3 is 9.47 Å². The minimum atomic E-state index is -0.611. The molecule has 0 N–H and O–H groups in total. The molecule has 1 aromatic rings. The van der Waals surface area contributed by atoms with Gasteiger partial charge in [-0.25, -0.2) is 0 Å². The number of alkyl halides is 1. The molecule has 0 saturated carbocycles. The Hall–Kier alpha value is -0.910. The molecular weight excluding hydrogens is 291 g/mol. The third-order valence-electron chi connectivity index (χ3n) is 3.37. The number of hydrogen-bond donors (Lipinski definition) is 0. The van der Waals surface area contributed by atoms with E-state index in [9.17, 15) is 9.18 Å². The van der Waals surface area contributed by atoms with Gasteiger partial charge in [-0.05, 0) is 38.8 Å². The summed E-state index contributed by atoms with van der Waals surface area (Å²) in [4.78, 5) is 13.2. The first-order chi connectivity index (χ1) is 10.00. The van der Waals surface area contributed by atoms with Crippen LogP contribution in [0.15, 0.2) is 35.2 Å². The Balaban J connectivity index is 1.93. The fourth-order valence-corrected chi connectivity index (χ4v) is 3.25. The third kappa shape index (κ3) is 5.09. The van der Waals surface area contributed by atoms with Gasteiger partial charge in [-0.1, -0.05) is 30.0 Å². The van der Waals surface area contributed by atoms with E-state index in [0.29, 0.717) is 13.0 Å². The number of rotatable bonds is 6. The molecule has 0 aromatic heterocycles. The molecule has 2 rings (SSSR count). The minimum Gasteiger partial charge on any atom is -0.348 e. The first kappa shape index (κ1) is 16.5. The molecule has 1 unspecified atom stereocenters. The maximum absolute atomic E-state index is 12.7. The molecule has 1 aromatic carbocycles. The topological polar surface area (TPSA) is 35.5 Å². The Morgan fingerprint density at radius 3 is 2.71 bits per heavy atom. The van der Waals surface area contributed by atoms with Gasteiger partial charge in [0, 0.05) is 10.8 Å². The first-order valence-electron chi connectivity index (χ1n) is 7.14. The maximum atomic E-state index is 12.7. The van der Waals surface area contributed by atoms with E-state index in [0.717, 1.165) is 4.90 Å². The van der Waals surface area contributed by atoms with Gasteiger partial charge in [0.1, 0.15) is 0 Å². The van der Waals surface area contributed by atoms with Crippen molar-refractivity contribution in [1.29, 1.82) is 0 Å². The molecule has 0 amide bonds. The highest BCUT2D eigenvalue weighted by Crippen LogP contribution is 2.31. The van der Waals surface area contributed by atoms with Gasteiger partial charge in [0.05, 0.1) is 19.4 Å². The predicted octanol–water partition coefficient (Wildman–Crippen LogP) is 3.82. The summed E-state index contributed by atoms with van der Waals surface area (Å²) in [5.41, 5.74) is 0. The lowest BCUT2D eigenvalue weighted by Crippen LogP contribution is -2.25. The highest BCUT2D eigenvalue weighted by molar-refractivity contribution is 8.13. The van der Waals surface area contributed by atoms with Crippen LogP contribution in [0.3, 0.4) is 0 Å². The molecule has 1 aliphatic heterocycles. The summed E-state index contributed by atoms with van der Waals surface area (Å²) in [5.74, 6) is -0.955. The van der Waals surface area contributed by atoms with E-state index in [-0.39, 0.29) is 23.6 Å². The van der Waals surface area contributed by atoms with Crippen LogP contribution in [0.2, 0.25) is 0 Å². The van der Waals surface area contributed by atoms with Gasteiger partial charge in [-0.3, -0.25) is 9.18 Å². The summed E-state index contributed by atoms with van der Waals surface area (Å²) in [6, 6.07) is 9.44. The largest absolute Gasteiger partial charge is 0.348 e. The van der Waals surface area contributed by atoms with Gasteiger partial charge in [0.2, 0.25) is 0 Å². The fraction of sp³-hybridized carbons (Fsp3) is 0.562. The summed E-state index contributed by atoms with van der Waals surface area (Å²) < 4.78 is 24.0. The second kappa shape index (κ2) is 7.38. The SMILES string of the molecule is CC1(C)OC[C@H](CC(CCF)C(=O)Sc2ccccc2)O1. The predicted molar refractivity (Wildman–Crippen MR) is 80.9 cm³/mol. The van der Waals surface area contributed by atoms with E-state index >= 15 is 0 Å². The van der Waals surface area contributed by atoms with Crippen molar-refractivity contribution < 1.29 is 18.7 Å². The lowest BCUT2D eigenvalue weighted by molar-refractivity contribution is -0.141. The van der Waals surface area contributed by atoms with Crippen LogP contribution in [0.1, 0.15) is 26.7 Å². The monoisotopic (exact) mass is 312 g/mol. The molecular formula is C16H21FO3S. The van der Waals surface area contributed by atoms with Crippen molar-refractivity contribution in [1.82, 2.24) is 0 Å². The molecule has 2 atom stereocenters. The van der Waals surface area contributed by atoms with Crippen LogP contribution in [0.4, 0.5) is 4.39 Å². The van der Waals surface area contributed by atoms with Crippen molar-refractivity contribution in [2.45, 2.75) is 43.5 Å². The average Bonchev–Trinajstić information content (AvgIpc) is 2.78. The number of thioether (sulfide) groups is 1. The molecule has 0 aliphatic carbocycles. The lowest BCUT2D eigenvalue weighted by atomic mass is 10.0. The molecule has 1 heterocycles. The summed E-state index contributed by atoms with van der Waals surface area (Å²) >= 11 is 1.17. The molecule has 5 heteroatoms. The van der Waals surface area contributed by atoms with Crippen LogP contribution >= 0.6 is 11.8 Å². The molecule has 0 radical (unpaired) electrons.